The Kier molecular flexibility index (Phi) is 6.37. The van der Waals surface area contributed by atoms with E-state index in [9.17, 15) is 18.0 Å². The average molecular weight is 396 g/mol. The first-order valence-corrected chi connectivity index (χ1v) is 11.3. The molecule has 1 aromatic rings. The van der Waals surface area contributed by atoms with Gasteiger partial charge in [0.15, 0.2) is 0 Å². The molecule has 1 saturated carbocycles. The average Bonchev–Trinajstić information content (AvgIpc) is 2.64. The van der Waals surface area contributed by atoms with Crippen LogP contribution in [0, 0.1) is 5.92 Å². The number of rotatable bonds is 5. The minimum Gasteiger partial charge on any atom is -0.352 e. The molecule has 1 aliphatic heterocycles. The molecule has 2 fully saturated rings. The number of hydrogen-bond acceptors (Lipinski definition) is 4. The van der Waals surface area contributed by atoms with Crippen molar-refractivity contribution >= 4 is 15.9 Å². The zero-order valence-electron chi connectivity index (χ0n) is 15.9. The van der Waals surface area contributed by atoms with Crippen LogP contribution in [-0.4, -0.2) is 42.3 Å². The predicted molar refractivity (Wildman–Crippen MR) is 103 cm³/mol. The minimum atomic E-state index is -3.83. The highest BCUT2D eigenvalue weighted by molar-refractivity contribution is 7.89. The second-order valence-electron chi connectivity index (χ2n) is 7.79. The molecule has 0 bridgehead atoms. The first-order chi connectivity index (χ1) is 12.9. The molecule has 2 heterocycles. The fraction of sp³-hybridized carbons (Fsp3) is 0.684. The van der Waals surface area contributed by atoms with E-state index in [1.54, 1.807) is 0 Å². The largest absolute Gasteiger partial charge is 0.352 e. The molecule has 0 radical (unpaired) electrons. The molecule has 2 aliphatic rings. The Labute approximate surface area is 160 Å². The van der Waals surface area contributed by atoms with Crippen LogP contribution < -0.4 is 10.9 Å². The minimum absolute atomic E-state index is 0.157. The molecule has 3 rings (SSSR count). The SMILES string of the molecule is CC1CCN(S(=O)(=O)c2cccn(CC(=O)NC3CCCCC3)c2=O)CC1. The third kappa shape index (κ3) is 4.79. The van der Waals surface area contributed by atoms with Gasteiger partial charge in [-0.3, -0.25) is 9.59 Å². The maximum atomic E-state index is 12.9. The molecular weight excluding hydrogens is 366 g/mol. The van der Waals surface area contributed by atoms with Crippen molar-refractivity contribution in [1.82, 2.24) is 14.2 Å². The van der Waals surface area contributed by atoms with E-state index in [4.69, 9.17) is 0 Å². The van der Waals surface area contributed by atoms with Crippen LogP contribution >= 0.6 is 0 Å². The fourth-order valence-electron chi connectivity index (χ4n) is 3.87. The van der Waals surface area contributed by atoms with Crippen LogP contribution in [-0.2, 0) is 21.4 Å². The summed E-state index contributed by atoms with van der Waals surface area (Å²) in [6, 6.07) is 3.02. The van der Waals surface area contributed by atoms with Crippen LogP contribution in [0.15, 0.2) is 28.0 Å². The quantitative estimate of drug-likeness (QED) is 0.822. The molecule has 1 saturated heterocycles. The van der Waals surface area contributed by atoms with Crippen molar-refractivity contribution in [3.05, 3.63) is 28.7 Å². The van der Waals surface area contributed by atoms with Crippen LogP contribution in [0.1, 0.15) is 51.9 Å². The van der Waals surface area contributed by atoms with Crippen LogP contribution in [0.3, 0.4) is 0 Å². The van der Waals surface area contributed by atoms with Gasteiger partial charge < -0.3 is 9.88 Å². The lowest BCUT2D eigenvalue weighted by molar-refractivity contribution is -0.122. The summed E-state index contributed by atoms with van der Waals surface area (Å²) in [4.78, 5) is 24.8. The number of aromatic nitrogens is 1. The third-order valence-corrected chi connectivity index (χ3v) is 7.54. The standard InChI is InChI=1S/C19H29N3O4S/c1-15-9-12-22(13-10-15)27(25,26)17-8-5-11-21(19(17)24)14-18(23)20-16-6-3-2-4-7-16/h5,8,11,15-16H,2-4,6-7,9-10,12-14H2,1H3,(H,20,23). The normalized spacial score (nSPS) is 20.5. The number of carbonyl (C=O) groups excluding carboxylic acids is 1. The zero-order chi connectivity index (χ0) is 19.4. The summed E-state index contributed by atoms with van der Waals surface area (Å²) in [6.45, 7) is 2.81. The maximum absolute atomic E-state index is 12.9. The summed E-state index contributed by atoms with van der Waals surface area (Å²) in [7, 11) is -3.83. The van der Waals surface area contributed by atoms with E-state index in [-0.39, 0.29) is 23.4 Å². The number of sulfonamides is 1. The van der Waals surface area contributed by atoms with E-state index in [1.165, 1.54) is 33.6 Å². The first kappa shape index (κ1) is 20.1. The van der Waals surface area contributed by atoms with Gasteiger partial charge in [0.2, 0.25) is 15.9 Å². The number of piperidine rings is 1. The van der Waals surface area contributed by atoms with Gasteiger partial charge >= 0.3 is 0 Å². The lowest BCUT2D eigenvalue weighted by Crippen LogP contribution is -2.42. The second kappa shape index (κ2) is 8.56. The molecule has 0 atom stereocenters. The van der Waals surface area contributed by atoms with Crippen molar-refractivity contribution < 1.29 is 13.2 Å². The van der Waals surface area contributed by atoms with E-state index in [1.807, 2.05) is 0 Å². The van der Waals surface area contributed by atoms with Crippen molar-refractivity contribution in [2.24, 2.45) is 5.92 Å². The van der Waals surface area contributed by atoms with Gasteiger partial charge in [-0.1, -0.05) is 26.2 Å². The number of hydrogen-bond donors (Lipinski definition) is 1. The molecule has 8 heteroatoms. The van der Waals surface area contributed by atoms with Gasteiger partial charge in [-0.05, 0) is 43.7 Å². The van der Waals surface area contributed by atoms with Crippen molar-refractivity contribution in [1.29, 1.82) is 0 Å². The Morgan fingerprint density at radius 3 is 2.48 bits per heavy atom. The zero-order valence-corrected chi connectivity index (χ0v) is 16.7. The van der Waals surface area contributed by atoms with Crippen molar-refractivity contribution in [3.8, 4) is 0 Å². The molecule has 7 nitrogen and oxygen atoms in total. The van der Waals surface area contributed by atoms with Crippen molar-refractivity contribution in [2.45, 2.75) is 69.4 Å². The molecule has 1 aromatic heterocycles. The Bertz CT molecular complexity index is 820. The number of amides is 1. The summed E-state index contributed by atoms with van der Waals surface area (Å²) in [5.74, 6) is 0.248. The van der Waals surface area contributed by atoms with Gasteiger partial charge in [0.05, 0.1) is 0 Å². The van der Waals surface area contributed by atoms with E-state index in [0.717, 1.165) is 38.5 Å². The van der Waals surface area contributed by atoms with Gasteiger partial charge in [-0.2, -0.15) is 4.31 Å². The number of nitrogens with zero attached hydrogens (tertiary/aromatic N) is 2. The lowest BCUT2D eigenvalue weighted by Gasteiger charge is -2.29. The lowest BCUT2D eigenvalue weighted by atomic mass is 9.95. The van der Waals surface area contributed by atoms with Gasteiger partial charge in [-0.25, -0.2) is 8.42 Å². The highest BCUT2D eigenvalue weighted by atomic mass is 32.2. The molecule has 0 unspecified atom stereocenters. The Hall–Kier alpha value is -1.67. The second-order valence-corrected chi connectivity index (χ2v) is 9.70. The summed E-state index contributed by atoms with van der Waals surface area (Å²) in [6.07, 6.45) is 8.39. The van der Waals surface area contributed by atoms with Crippen LogP contribution in [0.2, 0.25) is 0 Å². The smallest absolute Gasteiger partial charge is 0.271 e. The molecule has 1 aliphatic carbocycles. The van der Waals surface area contributed by atoms with Gasteiger partial charge in [0, 0.05) is 25.3 Å². The number of nitrogens with one attached hydrogen (secondary N) is 1. The molecule has 1 N–H and O–H groups in total. The monoisotopic (exact) mass is 395 g/mol. The summed E-state index contributed by atoms with van der Waals surface area (Å²) < 4.78 is 28.3. The van der Waals surface area contributed by atoms with Gasteiger partial charge in [0.1, 0.15) is 11.4 Å². The number of pyridine rings is 1. The topological polar surface area (TPSA) is 88.5 Å². The molecule has 0 spiro atoms. The maximum Gasteiger partial charge on any atom is 0.271 e. The molecule has 150 valence electrons. The highest BCUT2D eigenvalue weighted by Gasteiger charge is 2.30. The summed E-state index contributed by atoms with van der Waals surface area (Å²) in [5, 5.41) is 2.96. The van der Waals surface area contributed by atoms with Crippen molar-refractivity contribution in [2.75, 3.05) is 13.1 Å². The van der Waals surface area contributed by atoms with E-state index < -0.39 is 15.6 Å². The number of carbonyl (C=O) groups is 1. The van der Waals surface area contributed by atoms with Gasteiger partial charge in [0.25, 0.3) is 5.56 Å². The van der Waals surface area contributed by atoms with Gasteiger partial charge in [-0.15, -0.1) is 0 Å². The van der Waals surface area contributed by atoms with Crippen molar-refractivity contribution in [3.63, 3.8) is 0 Å². The summed E-state index contributed by atoms with van der Waals surface area (Å²) >= 11 is 0. The molecular formula is C19H29N3O4S. The molecule has 27 heavy (non-hydrogen) atoms. The first-order valence-electron chi connectivity index (χ1n) is 9.87. The fourth-order valence-corrected chi connectivity index (χ4v) is 5.43. The molecule has 0 aromatic carbocycles. The highest BCUT2D eigenvalue weighted by Crippen LogP contribution is 2.22. The Morgan fingerprint density at radius 2 is 1.81 bits per heavy atom. The Balaban J connectivity index is 1.73. The van der Waals surface area contributed by atoms with Crippen LogP contribution in [0.25, 0.3) is 0 Å². The van der Waals surface area contributed by atoms with Crippen LogP contribution in [0.4, 0.5) is 0 Å². The van der Waals surface area contributed by atoms with E-state index in [0.29, 0.717) is 19.0 Å². The molecule has 1 amide bonds. The summed E-state index contributed by atoms with van der Waals surface area (Å²) in [5.41, 5.74) is -0.630. The van der Waals surface area contributed by atoms with E-state index >= 15 is 0 Å². The van der Waals surface area contributed by atoms with E-state index in [2.05, 4.69) is 12.2 Å². The van der Waals surface area contributed by atoms with Crippen LogP contribution in [0.5, 0.6) is 0 Å². The Morgan fingerprint density at radius 1 is 1.15 bits per heavy atom. The predicted octanol–water partition coefficient (Wildman–Crippen LogP) is 1.72. The third-order valence-electron chi connectivity index (χ3n) is 5.63.